The molecule has 6 nitrogen and oxygen atoms in total. The van der Waals surface area contributed by atoms with Gasteiger partial charge < -0.3 is 20.4 Å². The molecule has 0 aliphatic heterocycles. The topological polar surface area (TPSA) is 64.7 Å². The van der Waals surface area contributed by atoms with Crippen molar-refractivity contribution in [1.82, 2.24) is 20.4 Å². The van der Waals surface area contributed by atoms with E-state index in [0.717, 1.165) is 71.6 Å². The average molecular weight is 693 g/mol. The van der Waals surface area contributed by atoms with Crippen molar-refractivity contribution in [1.29, 1.82) is 0 Å². The number of hydrogen-bond donors (Lipinski definition) is 2. The number of rotatable bonds is 40. The van der Waals surface area contributed by atoms with Crippen LogP contribution < -0.4 is 10.6 Å². The second-order valence-corrected chi connectivity index (χ2v) is 14.9. The SMILES string of the molecule is CCCCCCCCCCCCCCCNC(=O)CCN(CC)CCCN(CC)CCC(=O)NCCCCCCCCCCCCCCC. The maximum Gasteiger partial charge on any atom is 0.221 e. The van der Waals surface area contributed by atoms with Gasteiger partial charge in [0.25, 0.3) is 0 Å². The van der Waals surface area contributed by atoms with Gasteiger partial charge in [-0.25, -0.2) is 0 Å². The minimum Gasteiger partial charge on any atom is -0.356 e. The molecule has 0 aliphatic carbocycles. The van der Waals surface area contributed by atoms with Crippen molar-refractivity contribution in [2.24, 2.45) is 0 Å². The number of nitrogens with one attached hydrogen (secondary N) is 2. The van der Waals surface area contributed by atoms with E-state index >= 15 is 0 Å². The maximum atomic E-state index is 12.4. The Kier molecular flexibility index (Phi) is 38.7. The minimum atomic E-state index is 0.192. The van der Waals surface area contributed by atoms with Gasteiger partial charge in [-0.3, -0.25) is 9.59 Å². The van der Waals surface area contributed by atoms with Crippen molar-refractivity contribution in [3.8, 4) is 0 Å². The summed E-state index contributed by atoms with van der Waals surface area (Å²) in [5.41, 5.74) is 0. The molecule has 292 valence electrons. The van der Waals surface area contributed by atoms with E-state index in [1.54, 1.807) is 0 Å². The zero-order valence-electron chi connectivity index (χ0n) is 33.9. The molecule has 0 spiro atoms. The summed E-state index contributed by atoms with van der Waals surface area (Å²) in [6.45, 7) is 16.2. The van der Waals surface area contributed by atoms with E-state index in [9.17, 15) is 9.59 Å². The first-order valence-corrected chi connectivity index (χ1v) is 22.0. The van der Waals surface area contributed by atoms with E-state index in [-0.39, 0.29) is 11.8 Å². The highest BCUT2D eigenvalue weighted by Crippen LogP contribution is 2.13. The Morgan fingerprint density at radius 1 is 0.347 bits per heavy atom. The summed E-state index contributed by atoms with van der Waals surface area (Å²) in [4.78, 5) is 29.6. The zero-order chi connectivity index (χ0) is 35.9. The molecule has 0 aromatic carbocycles. The largest absolute Gasteiger partial charge is 0.356 e. The maximum absolute atomic E-state index is 12.4. The lowest BCUT2D eigenvalue weighted by molar-refractivity contribution is -0.122. The molecule has 0 aromatic heterocycles. The van der Waals surface area contributed by atoms with Gasteiger partial charge >= 0.3 is 0 Å². The van der Waals surface area contributed by atoms with E-state index in [0.29, 0.717) is 12.8 Å². The first kappa shape index (κ1) is 47.9. The van der Waals surface area contributed by atoms with Gasteiger partial charge in [-0.2, -0.15) is 0 Å². The molecule has 0 saturated carbocycles. The van der Waals surface area contributed by atoms with Gasteiger partial charge in [-0.1, -0.05) is 182 Å². The number of carbonyl (C=O) groups excluding carboxylic acids is 2. The average Bonchev–Trinajstić information content (AvgIpc) is 3.11. The van der Waals surface area contributed by atoms with Crippen LogP contribution in [0.3, 0.4) is 0 Å². The van der Waals surface area contributed by atoms with Crippen LogP contribution in [0.4, 0.5) is 0 Å². The fraction of sp³-hybridized carbons (Fsp3) is 0.953. The molecule has 0 aliphatic rings. The van der Waals surface area contributed by atoms with Crippen molar-refractivity contribution in [2.75, 3.05) is 52.4 Å². The number of nitrogens with zero attached hydrogens (tertiary/aromatic N) is 2. The van der Waals surface area contributed by atoms with Gasteiger partial charge in [0.05, 0.1) is 0 Å². The minimum absolute atomic E-state index is 0.192. The number of carbonyl (C=O) groups is 2. The van der Waals surface area contributed by atoms with Crippen molar-refractivity contribution < 1.29 is 9.59 Å². The van der Waals surface area contributed by atoms with Crippen LogP contribution in [-0.2, 0) is 9.59 Å². The third kappa shape index (κ3) is 36.5. The Labute approximate surface area is 307 Å². The van der Waals surface area contributed by atoms with E-state index in [1.807, 2.05) is 0 Å². The Hall–Kier alpha value is -1.14. The summed E-state index contributed by atoms with van der Waals surface area (Å²) in [5, 5.41) is 6.28. The highest BCUT2D eigenvalue weighted by molar-refractivity contribution is 5.76. The highest BCUT2D eigenvalue weighted by atomic mass is 16.2. The quantitative estimate of drug-likeness (QED) is 0.0627. The van der Waals surface area contributed by atoms with Crippen molar-refractivity contribution in [3.05, 3.63) is 0 Å². The van der Waals surface area contributed by atoms with E-state index in [4.69, 9.17) is 0 Å². The predicted molar refractivity (Wildman–Crippen MR) is 215 cm³/mol. The van der Waals surface area contributed by atoms with Gasteiger partial charge in [-0.05, 0) is 45.4 Å². The van der Waals surface area contributed by atoms with Crippen LogP contribution in [0, 0.1) is 0 Å². The lowest BCUT2D eigenvalue weighted by Gasteiger charge is -2.24. The smallest absolute Gasteiger partial charge is 0.221 e. The summed E-state index contributed by atoms with van der Waals surface area (Å²) in [5.74, 6) is 0.384. The molecule has 2 N–H and O–H groups in total. The summed E-state index contributed by atoms with van der Waals surface area (Å²) < 4.78 is 0. The van der Waals surface area contributed by atoms with E-state index < -0.39 is 0 Å². The Bertz CT molecular complexity index is 633. The fourth-order valence-electron chi connectivity index (χ4n) is 6.81. The van der Waals surface area contributed by atoms with E-state index in [1.165, 1.54) is 154 Å². The molecular weight excluding hydrogens is 604 g/mol. The molecule has 0 saturated heterocycles. The molecule has 0 aromatic rings. The van der Waals surface area contributed by atoms with Crippen molar-refractivity contribution in [2.45, 2.75) is 214 Å². The van der Waals surface area contributed by atoms with Crippen LogP contribution in [0.25, 0.3) is 0 Å². The molecule has 0 unspecified atom stereocenters. The molecule has 49 heavy (non-hydrogen) atoms. The molecule has 0 radical (unpaired) electrons. The number of amides is 2. The predicted octanol–water partition coefficient (Wildman–Crippen LogP) is 11.2. The third-order valence-corrected chi connectivity index (χ3v) is 10.4. The molecule has 0 bridgehead atoms. The normalized spacial score (nSPS) is 11.6. The van der Waals surface area contributed by atoms with Crippen molar-refractivity contribution >= 4 is 11.8 Å². The third-order valence-electron chi connectivity index (χ3n) is 10.4. The second kappa shape index (κ2) is 39.6. The standard InChI is InChI=1S/C43H88N4O2/c1-5-9-11-13-15-17-19-21-23-25-27-29-31-36-44-42(48)34-40-46(7-3)38-33-39-47(8-4)41-35-43(49)45-37-32-30-28-26-24-22-20-18-16-14-12-10-6-2/h5-41H2,1-4H3,(H,44,48)(H,45,49). The van der Waals surface area contributed by atoms with Crippen LogP contribution in [0.15, 0.2) is 0 Å². The fourth-order valence-corrected chi connectivity index (χ4v) is 6.81. The Morgan fingerprint density at radius 3 is 0.878 bits per heavy atom. The number of unbranched alkanes of at least 4 members (excludes halogenated alkanes) is 24. The molecule has 6 heteroatoms. The monoisotopic (exact) mass is 693 g/mol. The summed E-state index contributed by atoms with van der Waals surface area (Å²) >= 11 is 0. The van der Waals surface area contributed by atoms with Crippen LogP contribution >= 0.6 is 0 Å². The molecule has 2 amide bonds. The van der Waals surface area contributed by atoms with Gasteiger partial charge in [0.1, 0.15) is 0 Å². The summed E-state index contributed by atoms with van der Waals surface area (Å²) in [6, 6.07) is 0. The first-order chi connectivity index (χ1) is 24.1. The van der Waals surface area contributed by atoms with Crippen LogP contribution in [-0.4, -0.2) is 74.0 Å². The summed E-state index contributed by atoms with van der Waals surface area (Å²) in [6.07, 6.45) is 37.4. The van der Waals surface area contributed by atoms with Gasteiger partial charge in [0.2, 0.25) is 11.8 Å². The lowest BCUT2D eigenvalue weighted by Crippen LogP contribution is -2.35. The Balaban J connectivity index is 3.67. The van der Waals surface area contributed by atoms with Crippen LogP contribution in [0.5, 0.6) is 0 Å². The molecule has 0 rings (SSSR count). The van der Waals surface area contributed by atoms with Crippen molar-refractivity contribution in [3.63, 3.8) is 0 Å². The lowest BCUT2D eigenvalue weighted by atomic mass is 10.0. The zero-order valence-corrected chi connectivity index (χ0v) is 33.9. The first-order valence-electron chi connectivity index (χ1n) is 22.0. The van der Waals surface area contributed by atoms with Crippen LogP contribution in [0.1, 0.15) is 214 Å². The molecule has 0 fully saturated rings. The Morgan fingerprint density at radius 2 is 0.612 bits per heavy atom. The molecular formula is C43H88N4O2. The van der Waals surface area contributed by atoms with Crippen LogP contribution in [0.2, 0.25) is 0 Å². The van der Waals surface area contributed by atoms with Gasteiger partial charge in [0.15, 0.2) is 0 Å². The van der Waals surface area contributed by atoms with E-state index in [2.05, 4.69) is 48.1 Å². The van der Waals surface area contributed by atoms with Gasteiger partial charge in [0, 0.05) is 39.0 Å². The highest BCUT2D eigenvalue weighted by Gasteiger charge is 2.10. The summed E-state index contributed by atoms with van der Waals surface area (Å²) in [7, 11) is 0. The molecule has 0 atom stereocenters. The molecule has 0 heterocycles. The van der Waals surface area contributed by atoms with Gasteiger partial charge in [-0.15, -0.1) is 0 Å². The second-order valence-electron chi connectivity index (χ2n) is 14.9. The number of hydrogen-bond acceptors (Lipinski definition) is 4.